The maximum absolute atomic E-state index is 14.0. The van der Waals surface area contributed by atoms with Gasteiger partial charge in [-0.1, -0.05) is 42.5 Å². The summed E-state index contributed by atoms with van der Waals surface area (Å²) in [6.45, 7) is 11.8. The van der Waals surface area contributed by atoms with Gasteiger partial charge in [-0.3, -0.25) is 4.90 Å². The number of carbonyl (C=O) groups excluding carboxylic acids is 2. The highest BCUT2D eigenvalue weighted by Crippen LogP contribution is 2.38. The van der Waals surface area contributed by atoms with Gasteiger partial charge in [0.25, 0.3) is 0 Å². The van der Waals surface area contributed by atoms with E-state index in [9.17, 15) is 27.2 Å². The number of carbonyl (C=O) groups is 2. The van der Waals surface area contributed by atoms with Crippen molar-refractivity contribution in [1.82, 2.24) is 15.3 Å². The van der Waals surface area contributed by atoms with Gasteiger partial charge in [0.15, 0.2) is 5.13 Å². The van der Waals surface area contributed by atoms with Crippen LogP contribution in [0.3, 0.4) is 0 Å². The lowest BCUT2D eigenvalue weighted by Crippen LogP contribution is -2.50. The Morgan fingerprint density at radius 1 is 0.939 bits per heavy atom. The quantitative estimate of drug-likeness (QED) is 0.137. The Hall–Kier alpha value is -4.30. The smallest absolute Gasteiger partial charge is 0.416 e. The summed E-state index contributed by atoms with van der Waals surface area (Å²) in [7, 11) is 1.50. The van der Waals surface area contributed by atoms with Crippen LogP contribution in [0.25, 0.3) is 21.2 Å². The number of methoxy groups -OCH3 is 1. The molecule has 0 saturated carbocycles. The second-order valence-electron chi connectivity index (χ2n) is 13.5. The molecule has 264 valence electrons. The number of halogens is 4. The van der Waals surface area contributed by atoms with Crippen molar-refractivity contribution in [2.24, 2.45) is 0 Å². The van der Waals surface area contributed by atoms with Crippen LogP contribution < -0.4 is 10.2 Å². The molecule has 0 fully saturated rings. The SMILES string of the molecule is COCc1nc(N(CC(NC(=O)OC(C)(C)C)C(C)c2ccc(C(F)(F)F)cc2)C(=O)OC(C)(C)C)sc1-c1ccc2cnc(F)cc2c1. The monoisotopic (exact) mass is 704 g/mol. The summed E-state index contributed by atoms with van der Waals surface area (Å²) in [5, 5.41) is 4.37. The largest absolute Gasteiger partial charge is 0.444 e. The molecule has 2 aromatic carbocycles. The number of nitrogens with one attached hydrogen (secondary N) is 1. The van der Waals surface area contributed by atoms with Gasteiger partial charge in [0.1, 0.15) is 11.2 Å². The third kappa shape index (κ3) is 10.1. The van der Waals surface area contributed by atoms with Gasteiger partial charge in [0, 0.05) is 30.7 Å². The Balaban J connectivity index is 1.80. The van der Waals surface area contributed by atoms with E-state index in [2.05, 4.69) is 10.3 Å². The van der Waals surface area contributed by atoms with Crippen molar-refractivity contribution < 1.29 is 41.4 Å². The van der Waals surface area contributed by atoms with Crippen LogP contribution >= 0.6 is 11.3 Å². The number of pyridine rings is 1. The average molecular weight is 705 g/mol. The van der Waals surface area contributed by atoms with Crippen molar-refractivity contribution in [3.05, 3.63) is 77.5 Å². The lowest BCUT2D eigenvalue weighted by Gasteiger charge is -2.32. The first-order chi connectivity index (χ1) is 22.7. The average Bonchev–Trinajstić information content (AvgIpc) is 3.39. The number of anilines is 1. The maximum atomic E-state index is 14.0. The van der Waals surface area contributed by atoms with Gasteiger partial charge >= 0.3 is 18.4 Å². The Morgan fingerprint density at radius 2 is 1.59 bits per heavy atom. The zero-order chi connectivity index (χ0) is 36.3. The third-order valence-corrected chi connectivity index (χ3v) is 8.38. The van der Waals surface area contributed by atoms with Crippen molar-refractivity contribution in [2.45, 2.75) is 84.4 Å². The predicted octanol–water partition coefficient (Wildman–Crippen LogP) is 9.10. The van der Waals surface area contributed by atoms with Crippen molar-refractivity contribution >= 4 is 39.4 Å². The van der Waals surface area contributed by atoms with Crippen LogP contribution in [0.2, 0.25) is 0 Å². The highest BCUT2D eigenvalue weighted by atomic mass is 32.1. The Labute approximate surface area is 286 Å². The molecule has 2 heterocycles. The van der Waals surface area contributed by atoms with Gasteiger partial charge in [0.05, 0.1) is 35.3 Å². The number of amides is 2. The fourth-order valence-corrected chi connectivity index (χ4v) is 5.98. The van der Waals surface area contributed by atoms with E-state index < -0.39 is 53.0 Å². The first-order valence-electron chi connectivity index (χ1n) is 15.5. The lowest BCUT2D eigenvalue weighted by atomic mass is 9.92. The van der Waals surface area contributed by atoms with Crippen molar-refractivity contribution in [2.75, 3.05) is 18.6 Å². The van der Waals surface area contributed by atoms with Gasteiger partial charge in [-0.25, -0.2) is 19.6 Å². The van der Waals surface area contributed by atoms with E-state index in [0.29, 0.717) is 27.1 Å². The zero-order valence-electron chi connectivity index (χ0n) is 28.6. The standard InChI is InChI=1S/C35H40F4N4O5S/c1-20(21-11-13-25(14-12-21)35(37,38)39)26(42-31(44)47-33(2,3)4)18-43(32(45)48-34(5,6)7)30-41-27(19-46-8)29(49-30)22-9-10-23-17-40-28(36)16-24(23)15-22/h9-17,20,26H,18-19H2,1-8H3,(H,42,44). The normalized spacial score (nSPS) is 13.6. The van der Waals surface area contributed by atoms with Crippen LogP contribution in [-0.2, 0) is 27.0 Å². The van der Waals surface area contributed by atoms with Crippen LogP contribution in [0.1, 0.15) is 71.2 Å². The van der Waals surface area contributed by atoms with Gasteiger partial charge in [0.2, 0.25) is 5.95 Å². The number of aromatic nitrogens is 2. The Kier molecular flexibility index (Phi) is 11.2. The number of alkyl halides is 3. The summed E-state index contributed by atoms with van der Waals surface area (Å²) in [4.78, 5) is 37.4. The molecule has 0 aliphatic heterocycles. The molecule has 2 atom stereocenters. The summed E-state index contributed by atoms with van der Waals surface area (Å²) < 4.78 is 70.7. The number of ether oxygens (including phenoxy) is 3. The molecule has 0 radical (unpaired) electrons. The molecule has 0 spiro atoms. The molecule has 49 heavy (non-hydrogen) atoms. The van der Waals surface area contributed by atoms with Gasteiger partial charge < -0.3 is 19.5 Å². The molecule has 4 aromatic rings. The minimum Gasteiger partial charge on any atom is -0.444 e. The molecule has 0 aliphatic carbocycles. The number of thiazole rings is 1. The van der Waals surface area contributed by atoms with Gasteiger partial charge in [-0.2, -0.15) is 17.6 Å². The fourth-order valence-electron chi connectivity index (χ4n) is 4.91. The summed E-state index contributed by atoms with van der Waals surface area (Å²) in [5.41, 5.74) is -0.902. The fraction of sp³-hybridized carbons (Fsp3) is 0.429. The summed E-state index contributed by atoms with van der Waals surface area (Å²) in [6, 6.07) is 10.5. The summed E-state index contributed by atoms with van der Waals surface area (Å²) in [6.07, 6.45) is -4.64. The molecule has 0 aliphatic rings. The predicted molar refractivity (Wildman–Crippen MR) is 180 cm³/mol. The number of rotatable bonds is 9. The second kappa shape index (κ2) is 14.7. The van der Waals surface area contributed by atoms with E-state index in [4.69, 9.17) is 19.2 Å². The molecule has 2 unspecified atom stereocenters. The van der Waals surface area contributed by atoms with Gasteiger partial charge in [-0.15, -0.1) is 0 Å². The molecule has 4 rings (SSSR count). The minimum absolute atomic E-state index is 0.0816. The topological polar surface area (TPSA) is 103 Å². The van der Waals surface area contributed by atoms with Gasteiger partial charge in [-0.05, 0) is 76.3 Å². The van der Waals surface area contributed by atoms with Crippen LogP contribution in [-0.4, -0.2) is 53.1 Å². The minimum atomic E-state index is -4.53. The number of hydrogen-bond donors (Lipinski definition) is 1. The van der Waals surface area contributed by atoms with Crippen LogP contribution in [0.5, 0.6) is 0 Å². The number of benzene rings is 2. The first kappa shape index (κ1) is 37.5. The van der Waals surface area contributed by atoms with E-state index in [1.807, 2.05) is 6.07 Å². The number of fused-ring (bicyclic) bond motifs is 1. The van der Waals surface area contributed by atoms with Crippen molar-refractivity contribution in [1.29, 1.82) is 0 Å². The van der Waals surface area contributed by atoms with E-state index in [1.165, 1.54) is 47.7 Å². The third-order valence-electron chi connectivity index (χ3n) is 7.21. The van der Waals surface area contributed by atoms with Crippen LogP contribution in [0.15, 0.2) is 54.7 Å². The van der Waals surface area contributed by atoms with E-state index in [0.717, 1.165) is 17.5 Å². The molecule has 2 aromatic heterocycles. The van der Waals surface area contributed by atoms with Crippen molar-refractivity contribution in [3.63, 3.8) is 0 Å². The van der Waals surface area contributed by atoms with E-state index in [-0.39, 0.29) is 18.3 Å². The van der Waals surface area contributed by atoms with E-state index in [1.54, 1.807) is 60.6 Å². The number of hydrogen-bond acceptors (Lipinski definition) is 8. The molecular weight excluding hydrogens is 664 g/mol. The lowest BCUT2D eigenvalue weighted by molar-refractivity contribution is -0.137. The molecule has 14 heteroatoms. The number of alkyl carbamates (subject to hydrolysis) is 1. The zero-order valence-corrected chi connectivity index (χ0v) is 29.4. The highest BCUT2D eigenvalue weighted by molar-refractivity contribution is 7.19. The Morgan fingerprint density at radius 3 is 2.18 bits per heavy atom. The van der Waals surface area contributed by atoms with E-state index >= 15 is 0 Å². The summed E-state index contributed by atoms with van der Waals surface area (Å²) in [5.74, 6) is -1.24. The number of nitrogens with zero attached hydrogens (tertiary/aromatic N) is 3. The highest BCUT2D eigenvalue weighted by Gasteiger charge is 2.34. The molecule has 9 nitrogen and oxygen atoms in total. The molecule has 0 saturated heterocycles. The second-order valence-corrected chi connectivity index (χ2v) is 14.5. The van der Waals surface area contributed by atoms with Crippen LogP contribution in [0, 0.1) is 5.95 Å². The summed E-state index contributed by atoms with van der Waals surface area (Å²) >= 11 is 1.17. The van der Waals surface area contributed by atoms with Crippen LogP contribution in [0.4, 0.5) is 32.3 Å². The molecule has 0 bridgehead atoms. The molecule has 1 N–H and O–H groups in total. The maximum Gasteiger partial charge on any atom is 0.416 e. The Bertz CT molecular complexity index is 1780. The molecule has 2 amide bonds. The first-order valence-corrected chi connectivity index (χ1v) is 16.3. The van der Waals surface area contributed by atoms with Crippen molar-refractivity contribution in [3.8, 4) is 10.4 Å². The molecular formula is C35H40F4N4O5S.